The Balaban J connectivity index is 1.43. The zero-order valence-corrected chi connectivity index (χ0v) is 25.7. The van der Waals surface area contributed by atoms with Crippen molar-refractivity contribution in [1.29, 1.82) is 0 Å². The van der Waals surface area contributed by atoms with Gasteiger partial charge in [0.1, 0.15) is 5.82 Å². The summed E-state index contributed by atoms with van der Waals surface area (Å²) in [7, 11) is 0. The van der Waals surface area contributed by atoms with Crippen molar-refractivity contribution in [2.75, 3.05) is 5.75 Å². The van der Waals surface area contributed by atoms with Gasteiger partial charge in [-0.25, -0.2) is 9.78 Å². The Morgan fingerprint density at radius 2 is 1.65 bits per heavy atom. The van der Waals surface area contributed by atoms with Crippen molar-refractivity contribution in [3.05, 3.63) is 124 Å². The number of hydrogen-bond donors (Lipinski definition) is 3. The van der Waals surface area contributed by atoms with Crippen LogP contribution in [0.1, 0.15) is 62.1 Å². The molecule has 0 radical (unpaired) electrons. The fourth-order valence-corrected chi connectivity index (χ4v) is 5.72. The van der Waals surface area contributed by atoms with Crippen LogP contribution in [-0.2, 0) is 19.4 Å². The van der Waals surface area contributed by atoms with Gasteiger partial charge in [-0.15, -0.1) is 0 Å². The number of carboxylic acids is 1. The van der Waals surface area contributed by atoms with E-state index in [-0.39, 0.29) is 17.5 Å². The van der Waals surface area contributed by atoms with Gasteiger partial charge in [0.05, 0.1) is 16.6 Å². The van der Waals surface area contributed by atoms with Crippen molar-refractivity contribution in [2.45, 2.75) is 52.6 Å². The molecule has 0 saturated carbocycles. The standard InChI is InChI=1S/C36H37N3O3S/c1-4-7-33-38-34-24(3)18-28(35(40)37-29(22-43)19-25-12-10-23(2)11-13-25)20-32(34)39(33)21-26-14-16-27(17-15-26)30-8-5-6-9-31(30)36(41)42/h5-6,8-18,20,29,43H,4,7,19,21-22H2,1-3H3,(H,37,40)(H,41,42)/t29-/m1/s1. The summed E-state index contributed by atoms with van der Waals surface area (Å²) in [6.45, 7) is 6.79. The van der Waals surface area contributed by atoms with Gasteiger partial charge in [0.2, 0.25) is 0 Å². The molecule has 1 amide bonds. The molecule has 43 heavy (non-hydrogen) atoms. The molecule has 0 saturated heterocycles. The monoisotopic (exact) mass is 591 g/mol. The second kappa shape index (κ2) is 13.3. The normalized spacial score (nSPS) is 11.9. The molecule has 7 heteroatoms. The van der Waals surface area contributed by atoms with Crippen LogP contribution in [0.3, 0.4) is 0 Å². The zero-order valence-electron chi connectivity index (χ0n) is 24.8. The number of rotatable bonds is 11. The third kappa shape index (κ3) is 6.83. The number of imidazole rings is 1. The molecule has 0 aliphatic rings. The lowest BCUT2D eigenvalue weighted by molar-refractivity contribution is 0.0697. The third-order valence-corrected chi connectivity index (χ3v) is 8.22. The molecule has 6 nitrogen and oxygen atoms in total. The van der Waals surface area contributed by atoms with Crippen LogP contribution in [0.15, 0.2) is 84.9 Å². The molecule has 0 fully saturated rings. The highest BCUT2D eigenvalue weighted by molar-refractivity contribution is 7.80. The van der Waals surface area contributed by atoms with E-state index in [4.69, 9.17) is 4.98 Å². The zero-order chi connectivity index (χ0) is 30.5. The highest BCUT2D eigenvalue weighted by Crippen LogP contribution is 2.27. The van der Waals surface area contributed by atoms with Crippen LogP contribution >= 0.6 is 12.6 Å². The van der Waals surface area contributed by atoms with Crippen LogP contribution in [0.2, 0.25) is 0 Å². The van der Waals surface area contributed by atoms with E-state index in [1.807, 2.05) is 55.5 Å². The van der Waals surface area contributed by atoms with Crippen LogP contribution in [0.5, 0.6) is 0 Å². The maximum Gasteiger partial charge on any atom is 0.336 e. The summed E-state index contributed by atoms with van der Waals surface area (Å²) in [4.78, 5) is 30.2. The number of benzene rings is 4. The maximum absolute atomic E-state index is 13.5. The fraction of sp³-hybridized carbons (Fsp3) is 0.250. The van der Waals surface area contributed by atoms with Gasteiger partial charge in [0, 0.05) is 30.3 Å². The van der Waals surface area contributed by atoms with Gasteiger partial charge in [-0.1, -0.05) is 79.2 Å². The number of carbonyl (C=O) groups excluding carboxylic acids is 1. The number of carbonyl (C=O) groups is 2. The minimum Gasteiger partial charge on any atom is -0.478 e. The minimum absolute atomic E-state index is 0.0973. The predicted octanol–water partition coefficient (Wildman–Crippen LogP) is 7.29. The quantitative estimate of drug-likeness (QED) is 0.141. The Kier molecular flexibility index (Phi) is 9.31. The fourth-order valence-electron chi connectivity index (χ4n) is 5.49. The van der Waals surface area contributed by atoms with Gasteiger partial charge in [0.15, 0.2) is 0 Å². The predicted molar refractivity (Wildman–Crippen MR) is 176 cm³/mol. The molecule has 5 aromatic rings. The number of hydrogen-bond acceptors (Lipinski definition) is 4. The summed E-state index contributed by atoms with van der Waals surface area (Å²) >= 11 is 4.52. The summed E-state index contributed by atoms with van der Waals surface area (Å²) in [5.41, 5.74) is 8.64. The lowest BCUT2D eigenvalue weighted by Gasteiger charge is -2.17. The first-order valence-electron chi connectivity index (χ1n) is 14.7. The molecule has 1 aromatic heterocycles. The average molecular weight is 592 g/mol. The topological polar surface area (TPSA) is 84.2 Å². The summed E-state index contributed by atoms with van der Waals surface area (Å²) in [6.07, 6.45) is 2.48. The van der Waals surface area contributed by atoms with Crippen LogP contribution in [0.25, 0.3) is 22.2 Å². The molecule has 220 valence electrons. The van der Waals surface area contributed by atoms with E-state index in [1.165, 1.54) is 5.56 Å². The Morgan fingerprint density at radius 3 is 2.33 bits per heavy atom. The summed E-state index contributed by atoms with van der Waals surface area (Å²) in [5.74, 6) is 0.445. The molecule has 0 unspecified atom stereocenters. The second-order valence-electron chi connectivity index (χ2n) is 11.1. The van der Waals surface area contributed by atoms with E-state index < -0.39 is 5.97 Å². The van der Waals surface area contributed by atoms with Crippen molar-refractivity contribution < 1.29 is 14.7 Å². The first-order valence-corrected chi connectivity index (χ1v) is 15.3. The molecule has 0 spiro atoms. The number of nitrogens with zero attached hydrogens (tertiary/aromatic N) is 2. The van der Waals surface area contributed by atoms with Crippen LogP contribution in [-0.4, -0.2) is 38.3 Å². The molecule has 1 atom stereocenters. The summed E-state index contributed by atoms with van der Waals surface area (Å²) in [6, 6.07) is 27.2. The molecule has 4 aromatic carbocycles. The SMILES string of the molecule is CCCc1nc2c(C)cc(C(=O)N[C@@H](CS)Cc3ccc(C)cc3)cc2n1Cc1ccc(-c2ccccc2C(=O)O)cc1. The molecule has 5 rings (SSSR count). The highest BCUT2D eigenvalue weighted by Gasteiger charge is 2.19. The first kappa shape index (κ1) is 30.1. The van der Waals surface area contributed by atoms with Gasteiger partial charge in [-0.05, 0) is 72.7 Å². The smallest absolute Gasteiger partial charge is 0.336 e. The molecule has 0 bridgehead atoms. The number of fused-ring (bicyclic) bond motifs is 1. The minimum atomic E-state index is -0.945. The van der Waals surface area contributed by atoms with Crippen molar-refractivity contribution in [3.63, 3.8) is 0 Å². The van der Waals surface area contributed by atoms with Crippen molar-refractivity contribution in [2.24, 2.45) is 0 Å². The van der Waals surface area contributed by atoms with E-state index in [9.17, 15) is 14.7 Å². The Morgan fingerprint density at radius 1 is 0.953 bits per heavy atom. The van der Waals surface area contributed by atoms with Gasteiger partial charge in [-0.2, -0.15) is 12.6 Å². The van der Waals surface area contributed by atoms with Crippen molar-refractivity contribution in [1.82, 2.24) is 14.9 Å². The lowest BCUT2D eigenvalue weighted by Crippen LogP contribution is -2.37. The molecule has 0 aliphatic heterocycles. The summed E-state index contributed by atoms with van der Waals surface area (Å²) in [5, 5.41) is 12.8. The Hall–Kier alpha value is -4.36. The van der Waals surface area contributed by atoms with Crippen molar-refractivity contribution in [3.8, 4) is 11.1 Å². The van der Waals surface area contributed by atoms with Gasteiger partial charge in [0.25, 0.3) is 5.91 Å². The number of nitrogens with one attached hydrogen (secondary N) is 1. The maximum atomic E-state index is 13.5. The number of amides is 1. The van der Waals surface area contributed by atoms with E-state index in [0.717, 1.165) is 52.0 Å². The van der Waals surface area contributed by atoms with Gasteiger partial charge in [-0.3, -0.25) is 4.79 Å². The number of aromatic nitrogens is 2. The second-order valence-corrected chi connectivity index (χ2v) is 11.5. The Bertz CT molecular complexity index is 1760. The van der Waals surface area contributed by atoms with Crippen LogP contribution < -0.4 is 5.32 Å². The third-order valence-electron chi connectivity index (χ3n) is 7.78. The average Bonchev–Trinajstić information content (AvgIpc) is 3.35. The number of carboxylic acid groups (broad SMARTS) is 1. The first-order chi connectivity index (χ1) is 20.8. The molecule has 0 aliphatic carbocycles. The molecule has 1 heterocycles. The molecule has 2 N–H and O–H groups in total. The molecular formula is C36H37N3O3S. The van der Waals surface area contributed by atoms with E-state index >= 15 is 0 Å². The Labute approximate surface area is 258 Å². The van der Waals surface area contributed by atoms with Gasteiger partial charge < -0.3 is 15.0 Å². The number of aryl methyl sites for hydroxylation is 3. The number of thiol groups is 1. The molecular weight excluding hydrogens is 554 g/mol. The summed E-state index contributed by atoms with van der Waals surface area (Å²) < 4.78 is 2.20. The highest BCUT2D eigenvalue weighted by atomic mass is 32.1. The van der Waals surface area contributed by atoms with Gasteiger partial charge >= 0.3 is 5.97 Å². The largest absolute Gasteiger partial charge is 0.478 e. The van der Waals surface area contributed by atoms with E-state index in [1.54, 1.807) is 12.1 Å². The van der Waals surface area contributed by atoms with Crippen LogP contribution in [0.4, 0.5) is 0 Å². The van der Waals surface area contributed by atoms with E-state index in [2.05, 4.69) is 60.6 Å². The number of aromatic carboxylic acids is 1. The van der Waals surface area contributed by atoms with Crippen molar-refractivity contribution >= 4 is 35.5 Å². The lowest BCUT2D eigenvalue weighted by atomic mass is 9.98. The van der Waals surface area contributed by atoms with E-state index in [0.29, 0.717) is 29.8 Å². The van der Waals surface area contributed by atoms with Crippen LogP contribution in [0, 0.1) is 13.8 Å².